The zero-order valence-electron chi connectivity index (χ0n) is 17.1. The predicted octanol–water partition coefficient (Wildman–Crippen LogP) is 3.40. The molecule has 0 aliphatic rings. The number of nitrogens with one attached hydrogen (secondary N) is 2. The first kappa shape index (κ1) is 20.1. The van der Waals surface area contributed by atoms with Crippen molar-refractivity contribution in [3.8, 4) is 17.1 Å². The number of anilines is 1. The van der Waals surface area contributed by atoms with Gasteiger partial charge in [0.15, 0.2) is 0 Å². The lowest BCUT2D eigenvalue weighted by atomic mass is 10.2. The number of nitrogens with zero attached hydrogens (tertiary/aromatic N) is 3. The smallest absolute Gasteiger partial charge is 0.313 e. The van der Waals surface area contributed by atoms with E-state index in [1.165, 1.54) is 0 Å². The van der Waals surface area contributed by atoms with Gasteiger partial charge in [0, 0.05) is 30.2 Å². The van der Waals surface area contributed by atoms with Gasteiger partial charge >= 0.3 is 11.8 Å². The van der Waals surface area contributed by atoms with E-state index in [-0.39, 0.29) is 6.54 Å². The van der Waals surface area contributed by atoms with Gasteiger partial charge < -0.3 is 15.1 Å². The third-order valence-electron chi connectivity index (χ3n) is 4.73. The van der Waals surface area contributed by atoms with Gasteiger partial charge in [0.05, 0.1) is 11.4 Å². The molecule has 0 radical (unpaired) electrons. The molecule has 2 N–H and O–H groups in total. The van der Waals surface area contributed by atoms with Crippen LogP contribution in [-0.2, 0) is 16.1 Å². The quantitative estimate of drug-likeness (QED) is 0.487. The lowest BCUT2D eigenvalue weighted by molar-refractivity contribution is -0.136. The minimum Gasteiger partial charge on any atom is -0.441 e. The van der Waals surface area contributed by atoms with Gasteiger partial charge in [-0.2, -0.15) is 5.10 Å². The monoisotopic (exact) mass is 415 g/mol. The van der Waals surface area contributed by atoms with Crippen LogP contribution in [0.25, 0.3) is 17.1 Å². The standard InChI is InChI=1S/C23H21N5O3/c1-15-16(2)31-23(26-15)18-7-4-8-19(13-18)27-22(30)21(29)24-14-17-6-3-9-20(12-17)28-11-5-10-25-28/h3-13H,14H2,1-2H3,(H,24,29)(H,27,30). The Morgan fingerprint density at radius 1 is 1.03 bits per heavy atom. The van der Waals surface area contributed by atoms with Crippen molar-refractivity contribution >= 4 is 17.5 Å². The molecule has 0 spiro atoms. The van der Waals surface area contributed by atoms with Gasteiger partial charge in [0.2, 0.25) is 5.89 Å². The number of benzene rings is 2. The summed E-state index contributed by atoms with van der Waals surface area (Å²) in [6.45, 7) is 3.92. The second-order valence-electron chi connectivity index (χ2n) is 7.00. The molecule has 8 nitrogen and oxygen atoms in total. The Morgan fingerprint density at radius 2 is 1.87 bits per heavy atom. The topological polar surface area (TPSA) is 102 Å². The Hall–Kier alpha value is -4.20. The van der Waals surface area contributed by atoms with E-state index in [0.717, 1.165) is 22.7 Å². The Balaban J connectivity index is 1.38. The van der Waals surface area contributed by atoms with Gasteiger partial charge in [0.25, 0.3) is 0 Å². The molecule has 0 bridgehead atoms. The van der Waals surface area contributed by atoms with E-state index in [2.05, 4.69) is 20.7 Å². The van der Waals surface area contributed by atoms with Gasteiger partial charge in [-0.05, 0) is 55.8 Å². The summed E-state index contributed by atoms with van der Waals surface area (Å²) in [6, 6.07) is 16.4. The summed E-state index contributed by atoms with van der Waals surface area (Å²) < 4.78 is 7.35. The van der Waals surface area contributed by atoms with Crippen LogP contribution in [0.1, 0.15) is 17.0 Å². The normalized spacial score (nSPS) is 10.6. The van der Waals surface area contributed by atoms with E-state index >= 15 is 0 Å². The highest BCUT2D eigenvalue weighted by Crippen LogP contribution is 2.24. The summed E-state index contributed by atoms with van der Waals surface area (Å²) in [4.78, 5) is 28.9. The minimum absolute atomic E-state index is 0.219. The highest BCUT2D eigenvalue weighted by Gasteiger charge is 2.15. The van der Waals surface area contributed by atoms with E-state index < -0.39 is 11.8 Å². The highest BCUT2D eigenvalue weighted by atomic mass is 16.4. The zero-order valence-corrected chi connectivity index (χ0v) is 17.1. The first-order valence-corrected chi connectivity index (χ1v) is 9.72. The number of oxazole rings is 1. The van der Waals surface area contributed by atoms with Crippen LogP contribution in [0.5, 0.6) is 0 Å². The second-order valence-corrected chi connectivity index (χ2v) is 7.00. The molecule has 0 aliphatic heterocycles. The molecule has 2 heterocycles. The number of carbonyl (C=O) groups is 2. The number of aryl methyl sites for hydroxylation is 2. The molecule has 0 atom stereocenters. The highest BCUT2D eigenvalue weighted by molar-refractivity contribution is 6.39. The van der Waals surface area contributed by atoms with Gasteiger partial charge in [-0.15, -0.1) is 0 Å². The molecule has 4 rings (SSSR count). The van der Waals surface area contributed by atoms with E-state index in [1.54, 1.807) is 29.1 Å². The average molecular weight is 415 g/mol. The van der Waals surface area contributed by atoms with Crippen molar-refractivity contribution in [2.75, 3.05) is 5.32 Å². The van der Waals surface area contributed by atoms with E-state index in [4.69, 9.17) is 4.42 Å². The third-order valence-corrected chi connectivity index (χ3v) is 4.73. The Bertz CT molecular complexity index is 1210. The molecule has 31 heavy (non-hydrogen) atoms. The van der Waals surface area contributed by atoms with Crippen molar-refractivity contribution in [2.24, 2.45) is 0 Å². The fourth-order valence-electron chi connectivity index (χ4n) is 3.01. The number of hydrogen-bond acceptors (Lipinski definition) is 5. The van der Waals surface area contributed by atoms with Crippen molar-refractivity contribution in [1.29, 1.82) is 0 Å². The van der Waals surface area contributed by atoms with E-state index in [0.29, 0.717) is 17.1 Å². The van der Waals surface area contributed by atoms with Crippen molar-refractivity contribution in [3.05, 3.63) is 84.0 Å². The maximum absolute atomic E-state index is 12.3. The van der Waals surface area contributed by atoms with Gasteiger partial charge in [-0.1, -0.05) is 18.2 Å². The number of amides is 2. The largest absolute Gasteiger partial charge is 0.441 e. The molecular formula is C23H21N5O3. The summed E-state index contributed by atoms with van der Waals surface area (Å²) in [7, 11) is 0. The molecule has 156 valence electrons. The van der Waals surface area contributed by atoms with Gasteiger partial charge in [-0.25, -0.2) is 9.67 Å². The van der Waals surface area contributed by atoms with E-state index in [9.17, 15) is 9.59 Å². The molecule has 0 saturated carbocycles. The molecular weight excluding hydrogens is 394 g/mol. The minimum atomic E-state index is -0.750. The van der Waals surface area contributed by atoms with Gasteiger partial charge in [-0.3, -0.25) is 9.59 Å². The molecule has 0 fully saturated rings. The van der Waals surface area contributed by atoms with Crippen molar-refractivity contribution in [1.82, 2.24) is 20.1 Å². The van der Waals surface area contributed by atoms with Crippen LogP contribution in [0.3, 0.4) is 0 Å². The molecule has 2 amide bonds. The zero-order chi connectivity index (χ0) is 21.8. The Kier molecular flexibility index (Phi) is 5.61. The fourth-order valence-corrected chi connectivity index (χ4v) is 3.01. The maximum atomic E-state index is 12.3. The summed E-state index contributed by atoms with van der Waals surface area (Å²) >= 11 is 0. The van der Waals surface area contributed by atoms with Crippen LogP contribution < -0.4 is 10.6 Å². The maximum Gasteiger partial charge on any atom is 0.313 e. The molecule has 2 aromatic heterocycles. The number of aromatic nitrogens is 3. The third kappa shape index (κ3) is 4.69. The summed E-state index contributed by atoms with van der Waals surface area (Å²) in [5.74, 6) is -0.272. The number of hydrogen-bond donors (Lipinski definition) is 2. The second kappa shape index (κ2) is 8.66. The Labute approximate surface area is 178 Å². The number of carbonyl (C=O) groups excluding carboxylic acids is 2. The summed E-state index contributed by atoms with van der Waals surface area (Å²) in [5, 5.41) is 9.43. The molecule has 4 aromatic rings. The summed E-state index contributed by atoms with van der Waals surface area (Å²) in [6.07, 6.45) is 3.53. The van der Waals surface area contributed by atoms with Crippen LogP contribution in [0.2, 0.25) is 0 Å². The van der Waals surface area contributed by atoms with E-state index in [1.807, 2.05) is 56.4 Å². The van der Waals surface area contributed by atoms with Crippen LogP contribution in [0, 0.1) is 13.8 Å². The van der Waals surface area contributed by atoms with Crippen molar-refractivity contribution in [3.63, 3.8) is 0 Å². The van der Waals surface area contributed by atoms with Crippen molar-refractivity contribution in [2.45, 2.75) is 20.4 Å². The molecule has 0 aliphatic carbocycles. The molecule has 8 heteroatoms. The SMILES string of the molecule is Cc1nc(-c2cccc(NC(=O)C(=O)NCc3cccc(-n4cccn4)c3)c2)oc1C. The van der Waals surface area contributed by atoms with Crippen LogP contribution in [-0.4, -0.2) is 26.6 Å². The lowest BCUT2D eigenvalue weighted by Gasteiger charge is -2.09. The lowest BCUT2D eigenvalue weighted by Crippen LogP contribution is -2.34. The Morgan fingerprint density at radius 3 is 2.61 bits per heavy atom. The molecule has 0 unspecified atom stereocenters. The predicted molar refractivity (Wildman–Crippen MR) is 115 cm³/mol. The van der Waals surface area contributed by atoms with Crippen LogP contribution in [0.15, 0.2) is 71.4 Å². The van der Waals surface area contributed by atoms with Crippen LogP contribution in [0.4, 0.5) is 5.69 Å². The first-order valence-electron chi connectivity index (χ1n) is 9.72. The summed E-state index contributed by atoms with van der Waals surface area (Å²) in [5.41, 5.74) is 3.72. The molecule has 0 saturated heterocycles. The first-order chi connectivity index (χ1) is 15.0. The van der Waals surface area contributed by atoms with Crippen LogP contribution >= 0.6 is 0 Å². The fraction of sp³-hybridized carbons (Fsp3) is 0.130. The number of rotatable bonds is 5. The van der Waals surface area contributed by atoms with Gasteiger partial charge in [0.1, 0.15) is 5.76 Å². The average Bonchev–Trinajstić information content (AvgIpc) is 3.43. The van der Waals surface area contributed by atoms with Crippen molar-refractivity contribution < 1.29 is 14.0 Å². The molecule has 2 aromatic carbocycles.